The van der Waals surface area contributed by atoms with Crippen molar-refractivity contribution in [2.45, 2.75) is 115 Å². The molecular formula is C44H58CaF2N6O12S2. The Bertz CT molecular complexity index is 2330. The summed E-state index contributed by atoms with van der Waals surface area (Å²) in [6.45, 7) is 7.52. The van der Waals surface area contributed by atoms with Crippen LogP contribution in [0, 0.1) is 11.6 Å². The Kier molecular flexibility index (Phi) is 23.0. The standard InChI is InChI=1S/2C22H30FN3O6S.Ca/c2*1-13(2)20-18(10-9-16(27)11-17(28)12-19(29)30)21(14-5-7-15(23)8-6-14)25-22(24-20)26(3)33(4,31)32;/h2*5-8,13,16-17,27-28H,9-12H2,1-4H3,(H,29,30);/q;;+2/p-2. The Hall–Kier alpha value is -4.00. The summed E-state index contributed by atoms with van der Waals surface area (Å²) in [6.07, 6.45) is -3.00. The molecule has 4 N–H and O–H groups in total. The summed E-state index contributed by atoms with van der Waals surface area (Å²) in [5.74, 6) is -4.02. The van der Waals surface area contributed by atoms with E-state index in [4.69, 9.17) is 0 Å². The number of aliphatic hydroxyl groups excluding tert-OH is 4. The van der Waals surface area contributed by atoms with Gasteiger partial charge in [0.1, 0.15) is 11.6 Å². The minimum absolute atomic E-state index is 0. The first kappa shape index (κ1) is 59.1. The van der Waals surface area contributed by atoms with Crippen molar-refractivity contribution >= 4 is 81.6 Å². The minimum Gasteiger partial charge on any atom is -0.550 e. The topological polar surface area (TPSA) is 287 Å². The molecule has 0 spiro atoms. The first-order valence-electron chi connectivity index (χ1n) is 20.9. The minimum atomic E-state index is -3.64. The van der Waals surface area contributed by atoms with Crippen LogP contribution in [0.25, 0.3) is 22.5 Å². The van der Waals surface area contributed by atoms with Crippen molar-refractivity contribution in [3.8, 4) is 22.5 Å². The summed E-state index contributed by atoms with van der Waals surface area (Å²) < 4.78 is 77.3. The molecule has 4 unspecified atom stereocenters. The van der Waals surface area contributed by atoms with Gasteiger partial charge in [-0.2, -0.15) is 0 Å². The van der Waals surface area contributed by atoms with Crippen LogP contribution in [-0.4, -0.2) is 158 Å². The van der Waals surface area contributed by atoms with Crippen molar-refractivity contribution < 1.29 is 65.8 Å². The summed E-state index contributed by atoms with van der Waals surface area (Å²) in [5, 5.41) is 61.4. The van der Waals surface area contributed by atoms with E-state index in [1.54, 1.807) is 0 Å². The Labute approximate surface area is 420 Å². The van der Waals surface area contributed by atoms with Crippen LogP contribution < -0.4 is 18.8 Å². The molecule has 2 aromatic heterocycles. The van der Waals surface area contributed by atoms with Crippen molar-refractivity contribution in [3.05, 3.63) is 82.7 Å². The van der Waals surface area contributed by atoms with Crippen molar-refractivity contribution in [2.24, 2.45) is 0 Å². The quantitative estimate of drug-likeness (QED) is 0.0814. The number of hydrogen-bond donors (Lipinski definition) is 4. The normalized spacial score (nSPS) is 13.5. The molecule has 0 fully saturated rings. The second-order valence-electron chi connectivity index (χ2n) is 16.6. The Morgan fingerprint density at radius 3 is 1.13 bits per heavy atom. The zero-order valence-corrected chi connectivity index (χ0v) is 42.6. The summed E-state index contributed by atoms with van der Waals surface area (Å²) >= 11 is 0. The van der Waals surface area contributed by atoms with Crippen LogP contribution in [0.5, 0.6) is 0 Å². The van der Waals surface area contributed by atoms with E-state index < -0.39 is 80.9 Å². The molecular weight excluding hydrogens is 947 g/mol. The van der Waals surface area contributed by atoms with Crippen LogP contribution in [0.4, 0.5) is 20.7 Å². The van der Waals surface area contributed by atoms with E-state index in [9.17, 15) is 65.8 Å². The molecule has 2 aromatic carbocycles. The van der Waals surface area contributed by atoms with E-state index in [1.165, 1.54) is 62.6 Å². The number of anilines is 2. The number of rotatable bonds is 22. The fourth-order valence-corrected chi connectivity index (χ4v) is 7.49. The molecule has 4 rings (SSSR count). The second-order valence-corrected chi connectivity index (χ2v) is 20.6. The van der Waals surface area contributed by atoms with E-state index in [2.05, 4.69) is 19.9 Å². The van der Waals surface area contributed by atoms with Gasteiger partial charge in [0.2, 0.25) is 31.9 Å². The maximum absolute atomic E-state index is 13.5. The molecule has 0 aliphatic heterocycles. The van der Waals surface area contributed by atoms with E-state index in [-0.39, 0.29) is 100.0 Å². The van der Waals surface area contributed by atoms with Crippen LogP contribution >= 0.6 is 0 Å². The summed E-state index contributed by atoms with van der Waals surface area (Å²) in [7, 11) is -4.60. The van der Waals surface area contributed by atoms with Gasteiger partial charge in [0.05, 0.1) is 59.7 Å². The fraction of sp³-hybridized carbons (Fsp3) is 0.500. The van der Waals surface area contributed by atoms with Gasteiger partial charge >= 0.3 is 37.7 Å². The molecule has 0 saturated carbocycles. The monoisotopic (exact) mass is 1000 g/mol. The third kappa shape index (κ3) is 18.4. The van der Waals surface area contributed by atoms with Gasteiger partial charge in [-0.25, -0.2) is 54.2 Å². The number of sulfonamides is 2. The molecule has 0 radical (unpaired) electrons. The average Bonchev–Trinajstić information content (AvgIpc) is 3.20. The van der Waals surface area contributed by atoms with Gasteiger partial charge in [-0.1, -0.05) is 27.7 Å². The number of carboxylic acids is 2. The molecule has 0 bridgehead atoms. The number of carbonyl (C=O) groups excluding carboxylic acids is 2. The van der Waals surface area contributed by atoms with E-state index in [0.29, 0.717) is 45.0 Å². The van der Waals surface area contributed by atoms with E-state index >= 15 is 0 Å². The summed E-state index contributed by atoms with van der Waals surface area (Å²) in [5.41, 5.74) is 4.33. The third-order valence-electron chi connectivity index (χ3n) is 10.3. The van der Waals surface area contributed by atoms with Gasteiger partial charge in [0.25, 0.3) is 0 Å². The Morgan fingerprint density at radius 2 is 0.881 bits per heavy atom. The number of nitrogens with zero attached hydrogens (tertiary/aromatic N) is 6. The van der Waals surface area contributed by atoms with Gasteiger partial charge in [0.15, 0.2) is 0 Å². The SMILES string of the molecule is CC(C)c1nc(N(C)S(C)(=O)=O)nc(-c2ccc(F)cc2)c1CCC(O)CC(O)CC(=O)[O-].CC(C)c1nc(N(C)S(C)(=O)=O)nc(-c2ccc(F)cc2)c1CCC(O)CC(O)CC(=O)[O-].[Ca+2]. The average molecular weight is 1010 g/mol. The predicted molar refractivity (Wildman–Crippen MR) is 244 cm³/mol. The number of benzene rings is 2. The number of aliphatic carboxylic acids is 2. The molecule has 18 nitrogen and oxygen atoms in total. The molecule has 0 amide bonds. The van der Waals surface area contributed by atoms with Gasteiger partial charge in [-0.15, -0.1) is 0 Å². The van der Waals surface area contributed by atoms with Gasteiger partial charge in [0, 0.05) is 61.1 Å². The number of carbonyl (C=O) groups is 2. The largest absolute Gasteiger partial charge is 2.00 e. The molecule has 364 valence electrons. The van der Waals surface area contributed by atoms with E-state index in [1.807, 2.05) is 27.7 Å². The van der Waals surface area contributed by atoms with E-state index in [0.717, 1.165) is 21.1 Å². The van der Waals surface area contributed by atoms with Gasteiger partial charge in [-0.05, 0) is 98.9 Å². The maximum Gasteiger partial charge on any atom is 2.00 e. The van der Waals surface area contributed by atoms with Crippen LogP contribution in [0.2, 0.25) is 0 Å². The zero-order chi connectivity index (χ0) is 49.8. The second kappa shape index (κ2) is 26.1. The number of halogens is 2. The summed E-state index contributed by atoms with van der Waals surface area (Å²) in [4.78, 5) is 39.1. The van der Waals surface area contributed by atoms with Crippen LogP contribution in [0.1, 0.15) is 101 Å². The van der Waals surface area contributed by atoms with Crippen molar-refractivity contribution in [1.82, 2.24) is 19.9 Å². The maximum atomic E-state index is 13.5. The summed E-state index contributed by atoms with van der Waals surface area (Å²) in [6, 6.07) is 11.2. The van der Waals surface area contributed by atoms with Crippen LogP contribution in [0.15, 0.2) is 48.5 Å². The molecule has 0 saturated heterocycles. The van der Waals surface area contributed by atoms with Gasteiger partial charge in [-0.3, -0.25) is 0 Å². The molecule has 2 heterocycles. The zero-order valence-electron chi connectivity index (χ0n) is 38.8. The predicted octanol–water partition coefficient (Wildman–Crippen LogP) is 1.59. The molecule has 0 aliphatic carbocycles. The van der Waals surface area contributed by atoms with Crippen molar-refractivity contribution in [1.29, 1.82) is 0 Å². The number of aromatic nitrogens is 4. The van der Waals surface area contributed by atoms with Crippen molar-refractivity contribution in [2.75, 3.05) is 35.2 Å². The van der Waals surface area contributed by atoms with Crippen LogP contribution in [0.3, 0.4) is 0 Å². The molecule has 23 heteroatoms. The number of carboxylic acid groups (broad SMARTS) is 2. The first-order valence-corrected chi connectivity index (χ1v) is 24.6. The Balaban J connectivity index is 0.000000453. The van der Waals surface area contributed by atoms with Crippen molar-refractivity contribution in [3.63, 3.8) is 0 Å². The molecule has 4 aromatic rings. The van der Waals surface area contributed by atoms with Crippen LogP contribution in [-0.2, 0) is 42.5 Å². The molecule has 4 atom stereocenters. The Morgan fingerprint density at radius 1 is 0.582 bits per heavy atom. The van der Waals surface area contributed by atoms with Gasteiger partial charge < -0.3 is 40.2 Å². The fourth-order valence-electron chi connectivity index (χ4n) is 6.73. The molecule has 67 heavy (non-hydrogen) atoms. The third-order valence-corrected chi connectivity index (χ3v) is 12.6. The molecule has 0 aliphatic rings. The first-order chi connectivity index (χ1) is 30.6. The number of hydrogen-bond acceptors (Lipinski definition) is 16. The smallest absolute Gasteiger partial charge is 0.550 e. The number of aliphatic hydroxyl groups is 4.